The van der Waals surface area contributed by atoms with Gasteiger partial charge >= 0.3 is 0 Å². The molecule has 1 aliphatic rings. The maximum absolute atomic E-state index is 13.7. The summed E-state index contributed by atoms with van der Waals surface area (Å²) in [4.78, 5) is 0. The largest absolute Gasteiger partial charge is 0.381 e. The van der Waals surface area contributed by atoms with E-state index in [0.717, 1.165) is 0 Å². The fourth-order valence-corrected chi connectivity index (χ4v) is 4.17. The molecule has 0 N–H and O–H groups in total. The summed E-state index contributed by atoms with van der Waals surface area (Å²) in [7, 11) is -0.286. The van der Waals surface area contributed by atoms with Crippen LogP contribution in [0, 0.1) is 11.7 Å². The number of nitrogens with zero attached hydrogens (tertiary/aromatic N) is 1. The molecule has 112 valence electrons. The molecule has 1 fully saturated rings. The first-order valence-corrected chi connectivity index (χ1v) is 8.15. The van der Waals surface area contributed by atoms with Crippen molar-refractivity contribution in [1.82, 2.24) is 4.31 Å². The minimum Gasteiger partial charge on any atom is -0.381 e. The van der Waals surface area contributed by atoms with Gasteiger partial charge in [-0.25, -0.2) is 17.1 Å². The van der Waals surface area contributed by atoms with Gasteiger partial charge in [-0.05, 0) is 24.5 Å². The standard InChI is InChI=1S/C14H20FNO3S/c1-16(2)20(17,18)14-7-8-19-10-12(14)9-11-5-3-4-6-13(11)15/h3-6,12,14H,7-10H2,1-2H3. The molecule has 2 rings (SSSR count). The monoisotopic (exact) mass is 301 g/mol. The lowest BCUT2D eigenvalue weighted by molar-refractivity contribution is 0.0561. The first-order chi connectivity index (χ1) is 9.43. The van der Waals surface area contributed by atoms with Crippen LogP contribution in [0.2, 0.25) is 0 Å². The second-order valence-corrected chi connectivity index (χ2v) is 7.65. The Bertz CT molecular complexity index is 559. The zero-order valence-electron chi connectivity index (χ0n) is 11.8. The fraction of sp³-hybridized carbons (Fsp3) is 0.571. The maximum Gasteiger partial charge on any atom is 0.216 e. The minimum atomic E-state index is -3.35. The van der Waals surface area contributed by atoms with Crippen molar-refractivity contribution in [3.63, 3.8) is 0 Å². The van der Waals surface area contributed by atoms with Crippen molar-refractivity contribution in [2.45, 2.75) is 18.1 Å². The summed E-state index contributed by atoms with van der Waals surface area (Å²) < 4.78 is 45.1. The van der Waals surface area contributed by atoms with E-state index in [9.17, 15) is 12.8 Å². The topological polar surface area (TPSA) is 46.6 Å². The molecular weight excluding hydrogens is 281 g/mol. The molecule has 0 aromatic heterocycles. The summed E-state index contributed by atoms with van der Waals surface area (Å²) in [6, 6.07) is 6.49. The maximum atomic E-state index is 13.7. The number of hydrogen-bond donors (Lipinski definition) is 0. The molecule has 0 amide bonds. The van der Waals surface area contributed by atoms with Gasteiger partial charge in [0.15, 0.2) is 0 Å². The van der Waals surface area contributed by atoms with Crippen LogP contribution < -0.4 is 0 Å². The number of benzene rings is 1. The number of halogens is 1. The van der Waals surface area contributed by atoms with Crippen molar-refractivity contribution in [2.24, 2.45) is 5.92 Å². The van der Waals surface area contributed by atoms with Gasteiger partial charge in [0, 0.05) is 26.6 Å². The van der Waals surface area contributed by atoms with Crippen LogP contribution in [-0.4, -0.2) is 45.3 Å². The Hall–Kier alpha value is -0.980. The quantitative estimate of drug-likeness (QED) is 0.850. The summed E-state index contributed by atoms with van der Waals surface area (Å²) in [5, 5.41) is -0.508. The van der Waals surface area contributed by atoms with E-state index in [-0.39, 0.29) is 11.7 Å². The zero-order chi connectivity index (χ0) is 14.8. The molecule has 0 bridgehead atoms. The summed E-state index contributed by atoms with van der Waals surface area (Å²) in [5.41, 5.74) is 0.543. The van der Waals surface area contributed by atoms with Crippen LogP contribution in [0.3, 0.4) is 0 Å². The van der Waals surface area contributed by atoms with Crippen LogP contribution in [0.4, 0.5) is 4.39 Å². The van der Waals surface area contributed by atoms with Gasteiger partial charge in [0.05, 0.1) is 11.9 Å². The fourth-order valence-electron chi connectivity index (χ4n) is 2.58. The predicted molar refractivity (Wildman–Crippen MR) is 75.4 cm³/mol. The average molecular weight is 301 g/mol. The van der Waals surface area contributed by atoms with E-state index < -0.39 is 15.3 Å². The van der Waals surface area contributed by atoms with Crippen molar-refractivity contribution in [3.8, 4) is 0 Å². The molecule has 1 saturated heterocycles. The summed E-state index contributed by atoms with van der Waals surface area (Å²) in [5.74, 6) is -0.507. The smallest absolute Gasteiger partial charge is 0.216 e. The second-order valence-electron chi connectivity index (χ2n) is 5.28. The van der Waals surface area contributed by atoms with Gasteiger partial charge in [-0.1, -0.05) is 18.2 Å². The zero-order valence-corrected chi connectivity index (χ0v) is 12.6. The van der Waals surface area contributed by atoms with Gasteiger partial charge in [-0.2, -0.15) is 0 Å². The lowest BCUT2D eigenvalue weighted by Gasteiger charge is -2.33. The third-order valence-electron chi connectivity index (χ3n) is 3.74. The van der Waals surface area contributed by atoms with E-state index >= 15 is 0 Å². The summed E-state index contributed by atoms with van der Waals surface area (Å²) in [6.07, 6.45) is 0.837. The van der Waals surface area contributed by atoms with Crippen LogP contribution in [-0.2, 0) is 21.2 Å². The van der Waals surface area contributed by atoms with E-state index in [2.05, 4.69) is 0 Å². The second kappa shape index (κ2) is 6.20. The number of rotatable bonds is 4. The third-order valence-corrected chi connectivity index (χ3v) is 6.14. The molecule has 1 heterocycles. The molecule has 0 saturated carbocycles. The van der Waals surface area contributed by atoms with Crippen molar-refractivity contribution in [3.05, 3.63) is 35.6 Å². The Morgan fingerprint density at radius 1 is 1.35 bits per heavy atom. The molecule has 20 heavy (non-hydrogen) atoms. The van der Waals surface area contributed by atoms with Crippen LogP contribution in [0.5, 0.6) is 0 Å². The minimum absolute atomic E-state index is 0.215. The first kappa shape index (κ1) is 15.4. The highest BCUT2D eigenvalue weighted by atomic mass is 32.2. The van der Waals surface area contributed by atoms with E-state index in [0.29, 0.717) is 31.6 Å². The Morgan fingerprint density at radius 3 is 2.70 bits per heavy atom. The van der Waals surface area contributed by atoms with E-state index in [1.807, 2.05) is 0 Å². The van der Waals surface area contributed by atoms with Gasteiger partial charge in [0.25, 0.3) is 0 Å². The molecule has 0 spiro atoms. The van der Waals surface area contributed by atoms with E-state index in [4.69, 9.17) is 4.74 Å². The highest BCUT2D eigenvalue weighted by molar-refractivity contribution is 7.89. The van der Waals surface area contributed by atoms with E-state index in [1.54, 1.807) is 18.2 Å². The van der Waals surface area contributed by atoms with Gasteiger partial charge in [-0.15, -0.1) is 0 Å². The Labute approximate surface area is 119 Å². The van der Waals surface area contributed by atoms with Crippen LogP contribution >= 0.6 is 0 Å². The molecule has 1 aromatic rings. The molecular formula is C14H20FNO3S. The van der Waals surface area contributed by atoms with Crippen molar-refractivity contribution in [1.29, 1.82) is 0 Å². The Morgan fingerprint density at radius 2 is 2.05 bits per heavy atom. The summed E-state index contributed by atoms with van der Waals surface area (Å²) in [6.45, 7) is 0.789. The van der Waals surface area contributed by atoms with Crippen LogP contribution in [0.15, 0.2) is 24.3 Å². The van der Waals surface area contributed by atoms with Crippen molar-refractivity contribution >= 4 is 10.0 Å². The van der Waals surface area contributed by atoms with Crippen LogP contribution in [0.25, 0.3) is 0 Å². The molecule has 2 atom stereocenters. The molecule has 1 aliphatic heterocycles. The number of ether oxygens (including phenoxy) is 1. The molecule has 0 aliphatic carbocycles. The van der Waals surface area contributed by atoms with Gasteiger partial charge in [0.2, 0.25) is 10.0 Å². The van der Waals surface area contributed by atoms with E-state index in [1.165, 1.54) is 24.5 Å². The van der Waals surface area contributed by atoms with Gasteiger partial charge < -0.3 is 4.74 Å². The average Bonchev–Trinajstić information content (AvgIpc) is 2.41. The van der Waals surface area contributed by atoms with Crippen molar-refractivity contribution in [2.75, 3.05) is 27.3 Å². The molecule has 6 heteroatoms. The van der Waals surface area contributed by atoms with Gasteiger partial charge in [0.1, 0.15) is 5.82 Å². The normalized spacial score (nSPS) is 24.0. The lowest BCUT2D eigenvalue weighted by atomic mass is 9.93. The molecule has 1 aromatic carbocycles. The molecule has 2 unspecified atom stereocenters. The number of sulfonamides is 1. The Balaban J connectivity index is 2.22. The lowest BCUT2D eigenvalue weighted by Crippen LogP contribution is -2.44. The van der Waals surface area contributed by atoms with Crippen molar-refractivity contribution < 1.29 is 17.5 Å². The predicted octanol–water partition coefficient (Wildman–Crippen LogP) is 1.66. The molecule has 0 radical (unpaired) electrons. The molecule has 4 nitrogen and oxygen atoms in total. The highest BCUT2D eigenvalue weighted by Gasteiger charge is 2.37. The first-order valence-electron chi connectivity index (χ1n) is 6.65. The Kier molecular flexibility index (Phi) is 4.78. The SMILES string of the molecule is CN(C)S(=O)(=O)C1CCOCC1Cc1ccccc1F. The summed E-state index contributed by atoms with van der Waals surface area (Å²) >= 11 is 0. The highest BCUT2D eigenvalue weighted by Crippen LogP contribution is 2.27. The number of hydrogen-bond acceptors (Lipinski definition) is 3. The third kappa shape index (κ3) is 3.19. The van der Waals surface area contributed by atoms with Crippen LogP contribution in [0.1, 0.15) is 12.0 Å². The van der Waals surface area contributed by atoms with Gasteiger partial charge in [-0.3, -0.25) is 0 Å².